The van der Waals surface area contributed by atoms with E-state index in [2.05, 4.69) is 97.1 Å². The van der Waals surface area contributed by atoms with Crippen molar-refractivity contribution in [2.75, 3.05) is 0 Å². The molecule has 0 aliphatic carbocycles. The molecule has 0 unspecified atom stereocenters. The summed E-state index contributed by atoms with van der Waals surface area (Å²) in [4.78, 5) is 15.1. The number of benzene rings is 8. The normalized spacial score (nSPS) is 11.9. The summed E-state index contributed by atoms with van der Waals surface area (Å²) < 4.78 is 15.7. The molecule has 0 radical (unpaired) electrons. The van der Waals surface area contributed by atoms with Gasteiger partial charge in [0.15, 0.2) is 17.5 Å². The van der Waals surface area contributed by atoms with Crippen LogP contribution in [0.25, 0.3) is 120 Å². The third-order valence-corrected chi connectivity index (χ3v) is 12.2. The van der Waals surface area contributed by atoms with E-state index in [9.17, 15) is 0 Å². The molecule has 6 heteroatoms. The fourth-order valence-corrected chi connectivity index (χ4v) is 9.59. The van der Waals surface area contributed by atoms with Crippen molar-refractivity contribution in [3.63, 3.8) is 0 Å². The van der Waals surface area contributed by atoms with E-state index in [1.54, 1.807) is 0 Å². The molecular weight excluding hydrogens is 719 g/mol. The SMILES string of the molecule is c1ccc(-c2nc(-c3ccccc3)nc(-c3cccc4c3oc3cccc(-c5cc(-c6cccc7oc8ccccc8c67)cc6c5sc5ccccc56)c34)n2)cc1. The molecule has 4 aromatic heterocycles. The van der Waals surface area contributed by atoms with Gasteiger partial charge in [-0.05, 0) is 59.2 Å². The minimum absolute atomic E-state index is 0.559. The Hall–Kier alpha value is -7.41. The van der Waals surface area contributed by atoms with E-state index in [-0.39, 0.29) is 0 Å². The summed E-state index contributed by atoms with van der Waals surface area (Å²) in [6.45, 7) is 0. The monoisotopic (exact) mass is 747 g/mol. The Kier molecular flexibility index (Phi) is 7.03. The molecule has 0 atom stereocenters. The van der Waals surface area contributed by atoms with Crippen LogP contribution in [-0.2, 0) is 0 Å². The maximum atomic E-state index is 6.86. The molecule has 0 saturated carbocycles. The highest BCUT2D eigenvalue weighted by atomic mass is 32.1. The molecule has 4 heterocycles. The third-order valence-electron chi connectivity index (χ3n) is 10.9. The number of furan rings is 2. The molecule has 0 spiro atoms. The van der Waals surface area contributed by atoms with Crippen LogP contribution in [0.5, 0.6) is 0 Å². The van der Waals surface area contributed by atoms with Gasteiger partial charge in [-0.2, -0.15) is 0 Å². The molecule has 0 saturated heterocycles. The number of hydrogen-bond acceptors (Lipinski definition) is 6. The average Bonchev–Trinajstić information content (AvgIpc) is 3.98. The molecule has 8 aromatic carbocycles. The number of rotatable bonds is 5. The molecule has 0 amide bonds. The first-order valence-electron chi connectivity index (χ1n) is 18.9. The van der Waals surface area contributed by atoms with E-state index >= 15 is 0 Å². The predicted octanol–water partition coefficient (Wildman–Crippen LogP) is 14.4. The Morgan fingerprint density at radius 3 is 1.68 bits per heavy atom. The summed E-state index contributed by atoms with van der Waals surface area (Å²) in [5.41, 5.74) is 10.5. The maximum absolute atomic E-state index is 6.86. The highest BCUT2D eigenvalue weighted by molar-refractivity contribution is 7.26. The number of thiophene rings is 1. The lowest BCUT2D eigenvalue weighted by Gasteiger charge is -2.11. The van der Waals surface area contributed by atoms with Crippen LogP contribution in [0.4, 0.5) is 0 Å². The summed E-state index contributed by atoms with van der Waals surface area (Å²) in [5, 5.41) is 6.76. The second-order valence-corrected chi connectivity index (χ2v) is 15.3. The zero-order valence-electron chi connectivity index (χ0n) is 30.3. The van der Waals surface area contributed by atoms with Crippen molar-refractivity contribution in [3.8, 4) is 56.4 Å². The molecule has 57 heavy (non-hydrogen) atoms. The van der Waals surface area contributed by atoms with Crippen LogP contribution >= 0.6 is 11.3 Å². The highest BCUT2D eigenvalue weighted by Crippen LogP contribution is 2.48. The Morgan fingerprint density at radius 2 is 0.912 bits per heavy atom. The molecule has 0 aliphatic rings. The molecule has 0 N–H and O–H groups in total. The number of nitrogens with zero attached hydrogens (tertiary/aromatic N) is 3. The van der Waals surface area contributed by atoms with Gasteiger partial charge in [-0.3, -0.25) is 0 Å². The Balaban J connectivity index is 1.12. The van der Waals surface area contributed by atoms with Gasteiger partial charge in [0.1, 0.15) is 22.3 Å². The summed E-state index contributed by atoms with van der Waals surface area (Å²) in [6.07, 6.45) is 0. The average molecular weight is 748 g/mol. The van der Waals surface area contributed by atoms with Crippen LogP contribution in [0, 0.1) is 0 Å². The number of fused-ring (bicyclic) bond motifs is 9. The van der Waals surface area contributed by atoms with Gasteiger partial charge < -0.3 is 8.83 Å². The topological polar surface area (TPSA) is 65.0 Å². The maximum Gasteiger partial charge on any atom is 0.167 e. The second-order valence-electron chi connectivity index (χ2n) is 14.3. The van der Waals surface area contributed by atoms with Crippen molar-refractivity contribution >= 4 is 75.4 Å². The Morgan fingerprint density at radius 1 is 0.351 bits per heavy atom. The second kappa shape index (κ2) is 12.6. The van der Waals surface area contributed by atoms with Crippen LogP contribution in [0.15, 0.2) is 185 Å². The molecule has 266 valence electrons. The van der Waals surface area contributed by atoms with Crippen molar-refractivity contribution < 1.29 is 8.83 Å². The lowest BCUT2D eigenvalue weighted by molar-refractivity contribution is 0.669. The molecule has 0 fully saturated rings. The molecular formula is C51H29N3O2S. The lowest BCUT2D eigenvalue weighted by atomic mass is 9.92. The van der Waals surface area contributed by atoms with E-state index in [4.69, 9.17) is 23.8 Å². The van der Waals surface area contributed by atoms with E-state index in [0.29, 0.717) is 17.5 Å². The summed E-state index contributed by atoms with van der Waals surface area (Å²) in [5.74, 6) is 1.78. The number of para-hydroxylation sites is 2. The Bertz CT molecular complexity index is 3470. The minimum atomic E-state index is 0.559. The van der Waals surface area contributed by atoms with Gasteiger partial charge in [-0.15, -0.1) is 11.3 Å². The first-order chi connectivity index (χ1) is 28.2. The van der Waals surface area contributed by atoms with Crippen LogP contribution in [0.3, 0.4) is 0 Å². The zero-order chi connectivity index (χ0) is 37.5. The van der Waals surface area contributed by atoms with Gasteiger partial charge in [0.25, 0.3) is 0 Å². The fraction of sp³-hybridized carbons (Fsp3) is 0. The molecule has 0 bridgehead atoms. The molecule has 5 nitrogen and oxygen atoms in total. The van der Waals surface area contributed by atoms with Crippen molar-refractivity contribution in [1.82, 2.24) is 15.0 Å². The van der Waals surface area contributed by atoms with Gasteiger partial charge in [-0.25, -0.2) is 15.0 Å². The summed E-state index contributed by atoms with van der Waals surface area (Å²) >= 11 is 1.83. The smallest absolute Gasteiger partial charge is 0.167 e. The number of aromatic nitrogens is 3. The largest absolute Gasteiger partial charge is 0.456 e. The summed E-state index contributed by atoms with van der Waals surface area (Å²) in [7, 11) is 0. The van der Waals surface area contributed by atoms with Crippen molar-refractivity contribution in [1.29, 1.82) is 0 Å². The van der Waals surface area contributed by atoms with Crippen molar-refractivity contribution in [2.45, 2.75) is 0 Å². The number of hydrogen-bond donors (Lipinski definition) is 0. The molecule has 12 rings (SSSR count). The van der Waals surface area contributed by atoms with Crippen molar-refractivity contribution in [2.24, 2.45) is 0 Å². The van der Waals surface area contributed by atoms with Crippen molar-refractivity contribution in [3.05, 3.63) is 176 Å². The first kappa shape index (κ1) is 31.9. The molecule has 0 aliphatic heterocycles. The molecule has 12 aromatic rings. The van der Waals surface area contributed by atoms with Gasteiger partial charge in [0, 0.05) is 58.4 Å². The van der Waals surface area contributed by atoms with Crippen LogP contribution in [0.1, 0.15) is 0 Å². The van der Waals surface area contributed by atoms with E-state index in [1.807, 2.05) is 90.2 Å². The van der Waals surface area contributed by atoms with E-state index < -0.39 is 0 Å². The van der Waals surface area contributed by atoms with E-state index in [1.165, 1.54) is 20.2 Å². The van der Waals surface area contributed by atoms with Gasteiger partial charge in [-0.1, -0.05) is 133 Å². The highest BCUT2D eigenvalue weighted by Gasteiger charge is 2.22. The summed E-state index contributed by atoms with van der Waals surface area (Å²) in [6, 6.07) is 60.9. The first-order valence-corrected chi connectivity index (χ1v) is 19.7. The van der Waals surface area contributed by atoms with Gasteiger partial charge >= 0.3 is 0 Å². The van der Waals surface area contributed by atoms with E-state index in [0.717, 1.165) is 82.8 Å². The van der Waals surface area contributed by atoms with Gasteiger partial charge in [0.05, 0.1) is 5.56 Å². The van der Waals surface area contributed by atoms with Crippen LogP contribution in [0.2, 0.25) is 0 Å². The predicted molar refractivity (Wildman–Crippen MR) is 234 cm³/mol. The zero-order valence-corrected chi connectivity index (χ0v) is 31.1. The quantitative estimate of drug-likeness (QED) is 0.175. The van der Waals surface area contributed by atoms with Crippen LogP contribution < -0.4 is 0 Å². The third kappa shape index (κ3) is 5.04. The fourth-order valence-electron chi connectivity index (χ4n) is 8.38. The Labute approximate surface area is 330 Å². The lowest BCUT2D eigenvalue weighted by Crippen LogP contribution is -2.00. The van der Waals surface area contributed by atoms with Crippen LogP contribution in [-0.4, -0.2) is 15.0 Å². The minimum Gasteiger partial charge on any atom is -0.456 e. The standard InChI is InChI=1S/C51H29N3O2S/c1-3-14-30(15-4-1)49-52-50(31-16-5-2-6-17-31)54-51(53-49)38-23-11-22-37-46-35(21-13-26-43(46)56-47(37)38)40-29-32(28-39-34-18-8-10-27-44(34)57-48(39)40)33-20-12-25-42-45(33)36-19-7-9-24-41(36)55-42/h1-29H. The van der Waals surface area contributed by atoms with Gasteiger partial charge in [0.2, 0.25) is 0 Å².